The van der Waals surface area contributed by atoms with Crippen LogP contribution in [0.5, 0.6) is 0 Å². The molecule has 1 aliphatic rings. The summed E-state index contributed by atoms with van der Waals surface area (Å²) in [4.78, 5) is 22.8. The Morgan fingerprint density at radius 3 is 3.05 bits per heavy atom. The van der Waals surface area contributed by atoms with E-state index < -0.39 is 0 Å². The van der Waals surface area contributed by atoms with E-state index in [1.165, 1.54) is 6.20 Å². The second-order valence-electron chi connectivity index (χ2n) is 5.54. The highest BCUT2D eigenvalue weighted by atomic mass is 35.5. The fourth-order valence-corrected chi connectivity index (χ4v) is 2.28. The predicted octanol–water partition coefficient (Wildman–Crippen LogP) is 1.31. The summed E-state index contributed by atoms with van der Waals surface area (Å²) < 4.78 is 5.60. The molecular formula is C14H21ClN4O2. The topological polar surface area (TPSA) is 67.4 Å². The lowest BCUT2D eigenvalue weighted by molar-refractivity contribution is -0.0175. The van der Waals surface area contributed by atoms with Gasteiger partial charge < -0.3 is 15.0 Å². The first-order valence-electron chi connectivity index (χ1n) is 7.08. The van der Waals surface area contributed by atoms with Crippen molar-refractivity contribution < 1.29 is 9.53 Å². The summed E-state index contributed by atoms with van der Waals surface area (Å²) in [5, 5.41) is 3.09. The Hall–Kier alpha value is -1.24. The van der Waals surface area contributed by atoms with Crippen molar-refractivity contribution in [3.05, 3.63) is 22.7 Å². The molecule has 0 radical (unpaired) electrons. The molecule has 21 heavy (non-hydrogen) atoms. The first kappa shape index (κ1) is 16.1. The Kier molecular flexibility index (Phi) is 5.50. The first-order chi connectivity index (χ1) is 9.97. The van der Waals surface area contributed by atoms with E-state index >= 15 is 0 Å². The lowest BCUT2D eigenvalue weighted by Gasteiger charge is -2.30. The summed E-state index contributed by atoms with van der Waals surface area (Å²) in [6.45, 7) is 6.78. The minimum atomic E-state index is -0.291. The normalized spacial score (nSPS) is 19.8. The highest BCUT2D eigenvalue weighted by Crippen LogP contribution is 2.16. The van der Waals surface area contributed by atoms with Gasteiger partial charge in [0.15, 0.2) is 0 Å². The van der Waals surface area contributed by atoms with Crippen LogP contribution in [0.3, 0.4) is 0 Å². The van der Waals surface area contributed by atoms with Crippen LogP contribution in [0.2, 0.25) is 5.02 Å². The molecule has 0 unspecified atom stereocenters. The van der Waals surface area contributed by atoms with Crippen LogP contribution in [0.25, 0.3) is 0 Å². The number of carbonyl (C=O) groups is 1. The van der Waals surface area contributed by atoms with E-state index in [0.717, 1.165) is 13.1 Å². The second-order valence-corrected chi connectivity index (χ2v) is 5.95. The van der Waals surface area contributed by atoms with Crippen molar-refractivity contribution in [1.82, 2.24) is 20.2 Å². The van der Waals surface area contributed by atoms with Crippen molar-refractivity contribution >= 4 is 17.5 Å². The number of amides is 1. The maximum atomic E-state index is 12.2. The highest BCUT2D eigenvalue weighted by Gasteiger charge is 2.20. The van der Waals surface area contributed by atoms with Crippen LogP contribution in [-0.2, 0) is 4.74 Å². The minimum Gasteiger partial charge on any atom is -0.374 e. The Morgan fingerprint density at radius 2 is 2.38 bits per heavy atom. The van der Waals surface area contributed by atoms with Gasteiger partial charge in [-0.05, 0) is 7.05 Å². The van der Waals surface area contributed by atoms with E-state index in [1.54, 1.807) is 0 Å². The van der Waals surface area contributed by atoms with Gasteiger partial charge in [-0.15, -0.1) is 0 Å². The van der Waals surface area contributed by atoms with Crippen molar-refractivity contribution in [2.24, 2.45) is 0 Å². The molecule has 1 fully saturated rings. The fraction of sp³-hybridized carbons (Fsp3) is 0.643. The zero-order chi connectivity index (χ0) is 15.4. The maximum Gasteiger partial charge on any atom is 0.271 e. The van der Waals surface area contributed by atoms with Gasteiger partial charge in [0.05, 0.1) is 23.9 Å². The molecule has 0 aromatic carbocycles. The number of rotatable bonds is 4. The van der Waals surface area contributed by atoms with Crippen molar-refractivity contribution in [2.45, 2.75) is 25.9 Å². The molecule has 2 heterocycles. The number of morpholine rings is 1. The molecule has 1 aliphatic heterocycles. The van der Waals surface area contributed by atoms with Crippen LogP contribution < -0.4 is 5.32 Å². The number of aromatic nitrogens is 2. The number of nitrogens with zero attached hydrogens (tertiary/aromatic N) is 3. The van der Waals surface area contributed by atoms with Crippen LogP contribution in [0.15, 0.2) is 6.20 Å². The van der Waals surface area contributed by atoms with E-state index in [-0.39, 0.29) is 28.6 Å². The highest BCUT2D eigenvalue weighted by molar-refractivity contribution is 6.33. The zero-order valence-electron chi connectivity index (χ0n) is 12.6. The molecule has 1 atom stereocenters. The van der Waals surface area contributed by atoms with Gasteiger partial charge >= 0.3 is 0 Å². The van der Waals surface area contributed by atoms with Gasteiger partial charge in [-0.3, -0.25) is 4.79 Å². The van der Waals surface area contributed by atoms with Crippen LogP contribution in [0, 0.1) is 0 Å². The Morgan fingerprint density at radius 1 is 1.62 bits per heavy atom. The molecule has 7 heteroatoms. The SMILES string of the molecule is CC(C)c1ncc(Cl)c(C(=O)NC[C@H]2CN(C)CCO2)n1. The van der Waals surface area contributed by atoms with Crippen LogP contribution >= 0.6 is 11.6 Å². The van der Waals surface area contributed by atoms with E-state index in [9.17, 15) is 4.79 Å². The van der Waals surface area contributed by atoms with E-state index in [1.807, 2.05) is 20.9 Å². The molecule has 2 rings (SSSR count). The van der Waals surface area contributed by atoms with Gasteiger partial charge in [0, 0.05) is 25.6 Å². The van der Waals surface area contributed by atoms with E-state index in [4.69, 9.17) is 16.3 Å². The van der Waals surface area contributed by atoms with Crippen molar-refractivity contribution in [1.29, 1.82) is 0 Å². The van der Waals surface area contributed by atoms with Gasteiger partial charge in [0.25, 0.3) is 5.91 Å². The molecule has 1 saturated heterocycles. The largest absolute Gasteiger partial charge is 0.374 e. The summed E-state index contributed by atoms with van der Waals surface area (Å²) in [6.07, 6.45) is 1.47. The number of likely N-dealkylation sites (N-methyl/N-ethyl adjacent to an activating group) is 1. The number of hydrogen-bond donors (Lipinski definition) is 1. The van der Waals surface area contributed by atoms with Crippen molar-refractivity contribution in [2.75, 3.05) is 33.3 Å². The lowest BCUT2D eigenvalue weighted by Crippen LogP contribution is -2.46. The van der Waals surface area contributed by atoms with Gasteiger partial charge in [0.2, 0.25) is 0 Å². The first-order valence-corrected chi connectivity index (χ1v) is 7.46. The third-order valence-electron chi connectivity index (χ3n) is 3.33. The molecular weight excluding hydrogens is 292 g/mol. The fourth-order valence-electron chi connectivity index (χ4n) is 2.10. The maximum absolute atomic E-state index is 12.2. The molecule has 1 N–H and O–H groups in total. The van der Waals surface area contributed by atoms with Crippen LogP contribution in [0.1, 0.15) is 36.1 Å². The molecule has 116 valence electrons. The Balaban J connectivity index is 1.98. The number of carbonyl (C=O) groups excluding carboxylic acids is 1. The molecule has 1 aromatic heterocycles. The Labute approximate surface area is 129 Å². The average Bonchev–Trinajstić information content (AvgIpc) is 2.45. The number of hydrogen-bond acceptors (Lipinski definition) is 5. The average molecular weight is 313 g/mol. The third-order valence-corrected chi connectivity index (χ3v) is 3.60. The zero-order valence-corrected chi connectivity index (χ0v) is 13.4. The summed E-state index contributed by atoms with van der Waals surface area (Å²) >= 11 is 6.02. The van der Waals surface area contributed by atoms with Crippen LogP contribution in [-0.4, -0.2) is 60.2 Å². The summed E-state index contributed by atoms with van der Waals surface area (Å²) in [5.74, 6) is 0.462. The lowest BCUT2D eigenvalue weighted by atomic mass is 10.2. The number of ether oxygens (including phenoxy) is 1. The Bertz CT molecular complexity index is 510. The third kappa shape index (κ3) is 4.36. The van der Waals surface area contributed by atoms with Gasteiger partial charge in [0.1, 0.15) is 11.5 Å². The van der Waals surface area contributed by atoms with E-state index in [2.05, 4.69) is 20.2 Å². The van der Waals surface area contributed by atoms with Crippen molar-refractivity contribution in [3.63, 3.8) is 0 Å². The van der Waals surface area contributed by atoms with E-state index in [0.29, 0.717) is 19.0 Å². The van der Waals surface area contributed by atoms with Crippen molar-refractivity contribution in [3.8, 4) is 0 Å². The molecule has 1 aromatic rings. The number of nitrogens with one attached hydrogen (secondary N) is 1. The summed E-state index contributed by atoms with van der Waals surface area (Å²) in [6, 6.07) is 0. The van der Waals surface area contributed by atoms with Gasteiger partial charge in [-0.2, -0.15) is 0 Å². The smallest absolute Gasteiger partial charge is 0.271 e. The molecule has 1 amide bonds. The molecule has 0 bridgehead atoms. The monoisotopic (exact) mass is 312 g/mol. The molecule has 0 spiro atoms. The summed E-state index contributed by atoms with van der Waals surface area (Å²) in [5.41, 5.74) is 0.222. The summed E-state index contributed by atoms with van der Waals surface area (Å²) in [7, 11) is 2.04. The molecule has 6 nitrogen and oxygen atoms in total. The van der Waals surface area contributed by atoms with Gasteiger partial charge in [-0.25, -0.2) is 9.97 Å². The second kappa shape index (κ2) is 7.15. The minimum absolute atomic E-state index is 0.00196. The van der Waals surface area contributed by atoms with Crippen LogP contribution in [0.4, 0.5) is 0 Å². The standard InChI is InChI=1S/C14H21ClN4O2/c1-9(2)13-16-7-11(15)12(18-13)14(20)17-6-10-8-19(3)4-5-21-10/h7,9-10H,4-6,8H2,1-3H3,(H,17,20)/t10-/m0/s1. The molecule has 0 saturated carbocycles. The number of halogens is 1. The quantitative estimate of drug-likeness (QED) is 0.908. The molecule has 0 aliphatic carbocycles. The van der Waals surface area contributed by atoms with Gasteiger partial charge in [-0.1, -0.05) is 25.4 Å². The predicted molar refractivity (Wildman–Crippen MR) is 80.7 cm³/mol.